The Balaban J connectivity index is 1.67. The van der Waals surface area contributed by atoms with Crippen LogP contribution in [0, 0.1) is 5.82 Å². The highest BCUT2D eigenvalue weighted by molar-refractivity contribution is 5.96. The molecule has 4 nitrogen and oxygen atoms in total. The predicted molar refractivity (Wildman–Crippen MR) is 78.2 cm³/mol. The van der Waals surface area contributed by atoms with Crippen LogP contribution < -0.4 is 5.32 Å². The van der Waals surface area contributed by atoms with Crippen LogP contribution in [0.25, 0.3) is 0 Å². The molecule has 1 aromatic carbocycles. The molecule has 0 aromatic heterocycles. The van der Waals surface area contributed by atoms with Crippen molar-refractivity contribution < 1.29 is 14.0 Å². The van der Waals surface area contributed by atoms with Gasteiger partial charge in [-0.3, -0.25) is 9.59 Å². The summed E-state index contributed by atoms with van der Waals surface area (Å²) in [5.74, 6) is -0.600. The molecule has 1 fully saturated rings. The van der Waals surface area contributed by atoms with Crippen molar-refractivity contribution in [1.29, 1.82) is 0 Å². The fraction of sp³-hybridized carbons (Fsp3) is 0.500. The topological polar surface area (TPSA) is 49.4 Å². The number of nitrogens with one attached hydrogen (secondary N) is 1. The third kappa shape index (κ3) is 5.17. The first kappa shape index (κ1) is 15.5. The zero-order valence-corrected chi connectivity index (χ0v) is 12.1. The molecule has 1 heterocycles. The molecule has 0 spiro atoms. The Bertz CT molecular complexity index is 482. The van der Waals surface area contributed by atoms with E-state index in [1.807, 2.05) is 0 Å². The Morgan fingerprint density at radius 1 is 1.10 bits per heavy atom. The van der Waals surface area contributed by atoms with Crippen LogP contribution >= 0.6 is 0 Å². The number of piperidine rings is 1. The molecule has 5 heteroatoms. The predicted octanol–water partition coefficient (Wildman–Crippen LogP) is 1.89. The normalized spacial score (nSPS) is 14.8. The molecule has 2 amide bonds. The van der Waals surface area contributed by atoms with Crippen LogP contribution in [0.3, 0.4) is 0 Å². The maximum atomic E-state index is 12.7. The molecule has 0 atom stereocenters. The molecule has 1 aromatic rings. The van der Waals surface area contributed by atoms with Gasteiger partial charge in [-0.25, -0.2) is 4.39 Å². The number of amides is 2. The fourth-order valence-corrected chi connectivity index (χ4v) is 2.45. The van der Waals surface area contributed by atoms with Crippen molar-refractivity contribution in [3.8, 4) is 0 Å². The summed E-state index contributed by atoms with van der Waals surface area (Å²) in [6.45, 7) is 1.99. The lowest BCUT2D eigenvalue weighted by Gasteiger charge is -2.26. The van der Waals surface area contributed by atoms with Crippen molar-refractivity contribution >= 4 is 11.8 Å². The fourth-order valence-electron chi connectivity index (χ4n) is 2.45. The summed E-state index contributed by atoms with van der Waals surface area (Å²) in [5.41, 5.74) is 0.957. The molecule has 0 unspecified atom stereocenters. The molecule has 21 heavy (non-hydrogen) atoms. The minimum absolute atomic E-state index is 0.0799. The molecule has 1 aliphatic heterocycles. The van der Waals surface area contributed by atoms with Gasteiger partial charge in [-0.2, -0.15) is 0 Å². The summed E-state index contributed by atoms with van der Waals surface area (Å²) in [5, 5.41) is 2.74. The number of halogens is 1. The standard InChI is InChI=1S/C16H21FN2O2/c17-14-6-4-13(5-7-14)8-9-18-15(20)12-16(21)19-10-2-1-3-11-19/h4-7H,1-3,8-12H2,(H,18,20). The Hall–Kier alpha value is -1.91. The van der Waals surface area contributed by atoms with Gasteiger partial charge in [0.25, 0.3) is 0 Å². The van der Waals surface area contributed by atoms with E-state index in [9.17, 15) is 14.0 Å². The maximum absolute atomic E-state index is 12.7. The highest BCUT2D eigenvalue weighted by Gasteiger charge is 2.18. The van der Waals surface area contributed by atoms with E-state index in [0.717, 1.165) is 37.9 Å². The van der Waals surface area contributed by atoms with Crippen LogP contribution in [0.4, 0.5) is 4.39 Å². The van der Waals surface area contributed by atoms with E-state index in [4.69, 9.17) is 0 Å². The lowest BCUT2D eigenvalue weighted by Crippen LogP contribution is -2.39. The molecule has 114 valence electrons. The highest BCUT2D eigenvalue weighted by atomic mass is 19.1. The second-order valence-corrected chi connectivity index (χ2v) is 5.34. The summed E-state index contributed by atoms with van der Waals surface area (Å²) in [6, 6.07) is 6.19. The van der Waals surface area contributed by atoms with E-state index in [0.29, 0.717) is 13.0 Å². The first-order valence-electron chi connectivity index (χ1n) is 7.44. The van der Waals surface area contributed by atoms with Gasteiger partial charge in [-0.1, -0.05) is 12.1 Å². The van der Waals surface area contributed by atoms with E-state index in [-0.39, 0.29) is 24.1 Å². The number of hydrogen-bond acceptors (Lipinski definition) is 2. The molecule has 0 radical (unpaired) electrons. The van der Waals surface area contributed by atoms with Crippen LogP contribution in [0.5, 0.6) is 0 Å². The van der Waals surface area contributed by atoms with Gasteiger partial charge in [0.05, 0.1) is 0 Å². The summed E-state index contributed by atoms with van der Waals surface area (Å²) >= 11 is 0. The molecule has 1 aliphatic rings. The molecule has 1 saturated heterocycles. The number of carbonyl (C=O) groups excluding carboxylic acids is 2. The average molecular weight is 292 g/mol. The van der Waals surface area contributed by atoms with Crippen LogP contribution in [0.2, 0.25) is 0 Å². The average Bonchev–Trinajstić information content (AvgIpc) is 2.50. The zero-order valence-electron chi connectivity index (χ0n) is 12.1. The molecule has 2 rings (SSSR count). The number of benzene rings is 1. The molecule has 0 aliphatic carbocycles. The number of carbonyl (C=O) groups is 2. The quantitative estimate of drug-likeness (QED) is 0.843. The lowest BCUT2D eigenvalue weighted by molar-refractivity contribution is -0.136. The maximum Gasteiger partial charge on any atom is 0.232 e. The lowest BCUT2D eigenvalue weighted by atomic mass is 10.1. The Morgan fingerprint density at radius 2 is 1.76 bits per heavy atom. The van der Waals surface area contributed by atoms with Crippen LogP contribution in [-0.2, 0) is 16.0 Å². The smallest absolute Gasteiger partial charge is 0.232 e. The Labute approximate surface area is 124 Å². The largest absolute Gasteiger partial charge is 0.355 e. The van der Waals surface area contributed by atoms with E-state index < -0.39 is 0 Å². The van der Waals surface area contributed by atoms with Gasteiger partial charge in [-0.05, 0) is 43.4 Å². The summed E-state index contributed by atoms with van der Waals surface area (Å²) in [7, 11) is 0. The molecule has 0 bridgehead atoms. The third-order valence-electron chi connectivity index (χ3n) is 3.67. The van der Waals surface area contributed by atoms with Gasteiger partial charge in [-0.15, -0.1) is 0 Å². The summed E-state index contributed by atoms with van der Waals surface area (Å²) in [6.07, 6.45) is 3.76. The van der Waals surface area contributed by atoms with Crippen molar-refractivity contribution in [3.63, 3.8) is 0 Å². The van der Waals surface area contributed by atoms with Crippen molar-refractivity contribution in [2.24, 2.45) is 0 Å². The summed E-state index contributed by atoms with van der Waals surface area (Å²) in [4.78, 5) is 25.4. The van der Waals surface area contributed by atoms with E-state index in [1.165, 1.54) is 12.1 Å². The number of rotatable bonds is 5. The van der Waals surface area contributed by atoms with Crippen molar-refractivity contribution in [1.82, 2.24) is 10.2 Å². The second kappa shape index (κ2) is 7.76. The van der Waals surface area contributed by atoms with Gasteiger partial charge >= 0.3 is 0 Å². The monoisotopic (exact) mass is 292 g/mol. The van der Waals surface area contributed by atoms with Crippen molar-refractivity contribution in [3.05, 3.63) is 35.6 Å². The van der Waals surface area contributed by atoms with E-state index in [1.54, 1.807) is 17.0 Å². The van der Waals surface area contributed by atoms with Crippen molar-refractivity contribution in [2.45, 2.75) is 32.1 Å². The molecular formula is C16H21FN2O2. The van der Waals surface area contributed by atoms with Crippen molar-refractivity contribution in [2.75, 3.05) is 19.6 Å². The first-order chi connectivity index (χ1) is 10.1. The van der Waals surface area contributed by atoms with Gasteiger partial charge in [0.1, 0.15) is 12.2 Å². The minimum Gasteiger partial charge on any atom is -0.355 e. The van der Waals surface area contributed by atoms with E-state index >= 15 is 0 Å². The third-order valence-corrected chi connectivity index (χ3v) is 3.67. The van der Waals surface area contributed by atoms with Gasteiger partial charge in [0, 0.05) is 19.6 Å². The van der Waals surface area contributed by atoms with Crippen LogP contribution in [0.1, 0.15) is 31.2 Å². The summed E-state index contributed by atoms with van der Waals surface area (Å²) < 4.78 is 12.7. The van der Waals surface area contributed by atoms with E-state index in [2.05, 4.69) is 5.32 Å². The van der Waals surface area contributed by atoms with Gasteiger partial charge < -0.3 is 10.2 Å². The second-order valence-electron chi connectivity index (χ2n) is 5.34. The first-order valence-corrected chi connectivity index (χ1v) is 7.44. The molecular weight excluding hydrogens is 271 g/mol. The Morgan fingerprint density at radius 3 is 2.43 bits per heavy atom. The number of hydrogen-bond donors (Lipinski definition) is 1. The van der Waals surface area contributed by atoms with Gasteiger partial charge in [0.15, 0.2) is 0 Å². The number of likely N-dealkylation sites (tertiary alicyclic amines) is 1. The highest BCUT2D eigenvalue weighted by Crippen LogP contribution is 2.09. The van der Waals surface area contributed by atoms with Gasteiger partial charge in [0.2, 0.25) is 11.8 Å². The minimum atomic E-state index is -0.269. The molecule has 0 saturated carbocycles. The Kier molecular flexibility index (Phi) is 5.72. The zero-order chi connectivity index (χ0) is 15.1. The molecule has 1 N–H and O–H groups in total. The SMILES string of the molecule is O=C(CC(=O)N1CCCCC1)NCCc1ccc(F)cc1. The van der Waals surface area contributed by atoms with Crippen LogP contribution in [0.15, 0.2) is 24.3 Å². The number of nitrogens with zero attached hydrogens (tertiary/aromatic N) is 1. The van der Waals surface area contributed by atoms with Crippen LogP contribution in [-0.4, -0.2) is 36.3 Å².